The number of imidazole rings is 1. The lowest BCUT2D eigenvalue weighted by atomic mass is 10.0. The zero-order valence-corrected chi connectivity index (χ0v) is 18.7. The Hall–Kier alpha value is -3.59. The van der Waals surface area contributed by atoms with Gasteiger partial charge in [0.1, 0.15) is 23.9 Å². The van der Waals surface area contributed by atoms with Crippen molar-refractivity contribution in [3.8, 4) is 5.75 Å². The first-order valence-electron chi connectivity index (χ1n) is 10.6. The van der Waals surface area contributed by atoms with Crippen LogP contribution in [0, 0.1) is 25.5 Å². The molecule has 0 saturated carbocycles. The maximum absolute atomic E-state index is 14.0. The second-order valence-electron chi connectivity index (χ2n) is 8.13. The van der Waals surface area contributed by atoms with Gasteiger partial charge in [0.15, 0.2) is 17.2 Å². The molecule has 0 radical (unpaired) electrons. The Morgan fingerprint density at radius 3 is 2.61 bits per heavy atom. The molecule has 0 aliphatic heterocycles. The highest BCUT2D eigenvalue weighted by Gasteiger charge is 2.21. The van der Waals surface area contributed by atoms with Crippen LogP contribution in [0.5, 0.6) is 5.75 Å². The molecule has 9 heteroatoms. The van der Waals surface area contributed by atoms with Gasteiger partial charge in [0, 0.05) is 37.5 Å². The number of ether oxygens (including phenoxy) is 1. The normalized spacial score (nSPS) is 12.3. The minimum absolute atomic E-state index is 0.101. The fraction of sp³-hybridized carbons (Fsp3) is 0.292. The van der Waals surface area contributed by atoms with Crippen LogP contribution in [0.3, 0.4) is 0 Å². The number of hydrogen-bond acceptors (Lipinski definition) is 5. The predicted molar refractivity (Wildman–Crippen MR) is 119 cm³/mol. The molecule has 0 aliphatic carbocycles. The number of benzene rings is 1. The molecule has 172 valence electrons. The van der Waals surface area contributed by atoms with E-state index in [1.165, 1.54) is 18.2 Å². The smallest absolute Gasteiger partial charge is 0.181 e. The van der Waals surface area contributed by atoms with E-state index in [0.717, 1.165) is 11.1 Å². The van der Waals surface area contributed by atoms with Gasteiger partial charge in [-0.25, -0.2) is 13.8 Å². The van der Waals surface area contributed by atoms with Crippen LogP contribution >= 0.6 is 0 Å². The van der Waals surface area contributed by atoms with Crippen LogP contribution in [0.4, 0.5) is 8.78 Å². The monoisotopic (exact) mass is 453 g/mol. The third kappa shape index (κ3) is 4.63. The maximum atomic E-state index is 14.0. The Balaban J connectivity index is 1.58. The molecule has 4 rings (SSSR count). The average Bonchev–Trinajstić information content (AvgIpc) is 3.34. The maximum Gasteiger partial charge on any atom is 0.181 e. The second-order valence-corrected chi connectivity index (χ2v) is 8.13. The fourth-order valence-corrected chi connectivity index (χ4v) is 3.82. The van der Waals surface area contributed by atoms with Crippen LogP contribution in [-0.4, -0.2) is 24.9 Å². The molecule has 3 aromatic heterocycles. The standard InChI is InChI=1S/C24H25F2N5O2/c1-14-9-22(33-13-17-18(25)5-4-6-19(17)26)24-29-15(2)23(31(24)11-14)21(32)8-7-20(27)16-10-28-30(3)12-16/h4-6,9-12,20H,7-8,13,27H2,1-3H3. The topological polar surface area (TPSA) is 87.4 Å². The van der Waals surface area contributed by atoms with Gasteiger partial charge in [0.2, 0.25) is 0 Å². The number of aromatic nitrogens is 4. The highest BCUT2D eigenvalue weighted by Crippen LogP contribution is 2.27. The lowest BCUT2D eigenvalue weighted by Crippen LogP contribution is -2.13. The highest BCUT2D eigenvalue weighted by atomic mass is 19.1. The molecule has 1 aromatic carbocycles. The number of pyridine rings is 1. The number of ketones is 1. The summed E-state index contributed by atoms with van der Waals surface area (Å²) in [5.41, 5.74) is 9.13. The van der Waals surface area contributed by atoms with Crippen molar-refractivity contribution in [3.63, 3.8) is 0 Å². The molecule has 4 aromatic rings. The van der Waals surface area contributed by atoms with Gasteiger partial charge in [-0.2, -0.15) is 5.10 Å². The molecule has 33 heavy (non-hydrogen) atoms. The first-order chi connectivity index (χ1) is 15.7. The third-order valence-corrected chi connectivity index (χ3v) is 5.53. The summed E-state index contributed by atoms with van der Waals surface area (Å²) in [5, 5.41) is 4.12. The van der Waals surface area contributed by atoms with Crippen molar-refractivity contribution in [1.82, 2.24) is 19.2 Å². The van der Waals surface area contributed by atoms with E-state index in [-0.39, 0.29) is 30.4 Å². The molecule has 0 aliphatic rings. The number of aryl methyl sites for hydroxylation is 3. The SMILES string of the molecule is Cc1cc(OCc2c(F)cccc2F)c2nc(C)c(C(=O)CCC(N)c3cnn(C)c3)n2c1. The van der Waals surface area contributed by atoms with E-state index in [2.05, 4.69) is 10.1 Å². The van der Waals surface area contributed by atoms with Crippen molar-refractivity contribution in [2.45, 2.75) is 39.3 Å². The zero-order valence-electron chi connectivity index (χ0n) is 18.7. The lowest BCUT2D eigenvalue weighted by Gasteiger charge is -2.11. The minimum atomic E-state index is -0.681. The Kier molecular flexibility index (Phi) is 6.24. The van der Waals surface area contributed by atoms with Gasteiger partial charge in [-0.3, -0.25) is 13.9 Å². The van der Waals surface area contributed by atoms with Crippen LogP contribution in [0.15, 0.2) is 42.9 Å². The summed E-state index contributed by atoms with van der Waals surface area (Å²) in [6.45, 7) is 3.29. The number of fused-ring (bicyclic) bond motifs is 1. The molecule has 0 fully saturated rings. The van der Waals surface area contributed by atoms with Crippen molar-refractivity contribution >= 4 is 11.4 Å². The Morgan fingerprint density at radius 1 is 1.21 bits per heavy atom. The number of nitrogens with zero attached hydrogens (tertiary/aromatic N) is 4. The molecule has 7 nitrogen and oxygen atoms in total. The molecule has 0 amide bonds. The molecular formula is C24H25F2N5O2. The van der Waals surface area contributed by atoms with Crippen LogP contribution in [0.1, 0.15) is 51.8 Å². The highest BCUT2D eigenvalue weighted by molar-refractivity contribution is 5.96. The van der Waals surface area contributed by atoms with E-state index in [1.807, 2.05) is 20.2 Å². The summed E-state index contributed by atoms with van der Waals surface area (Å²) >= 11 is 0. The number of hydrogen-bond donors (Lipinski definition) is 1. The van der Waals surface area contributed by atoms with Crippen LogP contribution < -0.4 is 10.5 Å². The Labute approximate surface area is 189 Å². The number of rotatable bonds is 8. The molecule has 0 bridgehead atoms. The molecule has 3 heterocycles. The van der Waals surface area contributed by atoms with E-state index < -0.39 is 11.6 Å². The number of carbonyl (C=O) groups excluding carboxylic acids is 1. The molecule has 1 atom stereocenters. The molecule has 2 N–H and O–H groups in total. The van der Waals surface area contributed by atoms with Crippen LogP contribution in [0.2, 0.25) is 0 Å². The summed E-state index contributed by atoms with van der Waals surface area (Å²) in [4.78, 5) is 17.6. The largest absolute Gasteiger partial charge is 0.485 e. The quantitative estimate of drug-likeness (QED) is 0.404. The van der Waals surface area contributed by atoms with E-state index >= 15 is 0 Å². The molecule has 0 spiro atoms. The van der Waals surface area contributed by atoms with Crippen molar-refractivity contribution in [3.05, 3.63) is 82.6 Å². The van der Waals surface area contributed by atoms with Gasteiger partial charge in [0.25, 0.3) is 0 Å². The molecule has 1 unspecified atom stereocenters. The van der Waals surface area contributed by atoms with E-state index in [4.69, 9.17) is 10.5 Å². The number of halogens is 2. The minimum Gasteiger partial charge on any atom is -0.485 e. The fourth-order valence-electron chi connectivity index (χ4n) is 3.82. The van der Waals surface area contributed by atoms with Gasteiger partial charge >= 0.3 is 0 Å². The first kappa shape index (κ1) is 22.6. The van der Waals surface area contributed by atoms with Gasteiger partial charge in [-0.15, -0.1) is 0 Å². The van der Waals surface area contributed by atoms with Crippen LogP contribution in [0.25, 0.3) is 5.65 Å². The van der Waals surface area contributed by atoms with Crippen molar-refractivity contribution < 1.29 is 18.3 Å². The van der Waals surface area contributed by atoms with Crippen molar-refractivity contribution in [1.29, 1.82) is 0 Å². The van der Waals surface area contributed by atoms with Gasteiger partial charge in [-0.05, 0) is 44.0 Å². The summed E-state index contributed by atoms with van der Waals surface area (Å²) in [6.07, 6.45) is 6.01. The predicted octanol–water partition coefficient (Wildman–Crippen LogP) is 4.20. The molecular weight excluding hydrogens is 428 g/mol. The Bertz CT molecular complexity index is 1310. The summed E-state index contributed by atoms with van der Waals surface area (Å²) < 4.78 is 37.1. The number of nitrogens with two attached hydrogens (primary N) is 1. The summed E-state index contributed by atoms with van der Waals surface area (Å²) in [7, 11) is 1.81. The van der Waals surface area contributed by atoms with Gasteiger partial charge < -0.3 is 10.5 Å². The Morgan fingerprint density at radius 2 is 1.94 bits per heavy atom. The summed E-state index contributed by atoms with van der Waals surface area (Å²) in [5.74, 6) is -1.12. The van der Waals surface area contributed by atoms with E-state index in [9.17, 15) is 13.6 Å². The first-order valence-corrected chi connectivity index (χ1v) is 10.6. The summed E-state index contributed by atoms with van der Waals surface area (Å²) in [6, 6.07) is 5.08. The third-order valence-electron chi connectivity index (χ3n) is 5.53. The second kappa shape index (κ2) is 9.11. The van der Waals surface area contributed by atoms with Crippen molar-refractivity contribution in [2.24, 2.45) is 12.8 Å². The number of carbonyl (C=O) groups is 1. The zero-order chi connectivity index (χ0) is 23.7. The molecule has 0 saturated heterocycles. The van der Waals surface area contributed by atoms with Gasteiger partial charge in [-0.1, -0.05) is 6.07 Å². The van der Waals surface area contributed by atoms with Crippen molar-refractivity contribution in [2.75, 3.05) is 0 Å². The number of Topliss-reactive ketones (excluding diaryl/α,β-unsaturated/α-hetero) is 1. The van der Waals surface area contributed by atoms with Gasteiger partial charge in [0.05, 0.1) is 17.5 Å². The van der Waals surface area contributed by atoms with E-state index in [1.54, 1.807) is 34.5 Å². The average molecular weight is 453 g/mol. The lowest BCUT2D eigenvalue weighted by molar-refractivity contribution is 0.0971. The van der Waals surface area contributed by atoms with Crippen LogP contribution in [-0.2, 0) is 13.7 Å². The van der Waals surface area contributed by atoms with E-state index in [0.29, 0.717) is 29.2 Å².